The molecule has 0 saturated heterocycles. The number of nitrogen functional groups attached to an aromatic ring is 1. The molecule has 0 aliphatic carbocycles. The quantitative estimate of drug-likeness (QED) is 0.722. The van der Waals surface area contributed by atoms with Crippen LogP contribution >= 0.6 is 11.3 Å². The molecule has 0 aliphatic heterocycles. The molecule has 98 valence electrons. The van der Waals surface area contributed by atoms with Gasteiger partial charge in [-0.2, -0.15) is 4.31 Å². The first-order valence-electron chi connectivity index (χ1n) is 5.22. The highest BCUT2D eigenvalue weighted by Gasteiger charge is 2.27. The number of nitrogens with two attached hydrogens (primary N) is 1. The molecule has 1 heterocycles. The molecule has 17 heavy (non-hydrogen) atoms. The zero-order chi connectivity index (χ0) is 12.9. The molecule has 1 aromatic heterocycles. The number of aromatic nitrogens is 2. The van der Waals surface area contributed by atoms with Crippen LogP contribution in [0.2, 0.25) is 0 Å². The summed E-state index contributed by atoms with van der Waals surface area (Å²) in [6.07, 6.45) is 1.60. The molecule has 1 aromatic rings. The maximum atomic E-state index is 12.1. The van der Waals surface area contributed by atoms with Gasteiger partial charge < -0.3 is 10.8 Å². The second-order valence-corrected chi connectivity index (χ2v) is 6.51. The Morgan fingerprint density at radius 1 is 1.41 bits per heavy atom. The monoisotopic (exact) mass is 280 g/mol. The third kappa shape index (κ3) is 3.60. The first-order chi connectivity index (χ1) is 8.02. The van der Waals surface area contributed by atoms with E-state index in [0.29, 0.717) is 6.54 Å². The number of hydrogen-bond donors (Lipinski definition) is 2. The molecule has 0 spiro atoms. The van der Waals surface area contributed by atoms with E-state index in [1.807, 2.05) is 6.92 Å². The Bertz CT molecular complexity index is 445. The average molecular weight is 280 g/mol. The van der Waals surface area contributed by atoms with Crippen LogP contribution in [0.3, 0.4) is 0 Å². The highest BCUT2D eigenvalue weighted by atomic mass is 32.2. The van der Waals surface area contributed by atoms with Gasteiger partial charge in [0.1, 0.15) is 0 Å². The molecule has 1 rings (SSSR count). The number of aliphatic hydroxyl groups excluding tert-OH is 1. The van der Waals surface area contributed by atoms with E-state index in [2.05, 4.69) is 10.2 Å². The molecule has 0 amide bonds. The van der Waals surface area contributed by atoms with Crippen LogP contribution in [-0.4, -0.2) is 47.7 Å². The number of anilines is 1. The van der Waals surface area contributed by atoms with Gasteiger partial charge in [-0.25, -0.2) is 8.42 Å². The van der Waals surface area contributed by atoms with E-state index >= 15 is 0 Å². The van der Waals surface area contributed by atoms with Gasteiger partial charge in [0.25, 0.3) is 10.0 Å². The van der Waals surface area contributed by atoms with Crippen LogP contribution in [0.1, 0.15) is 19.8 Å². The number of aliphatic hydroxyl groups is 1. The van der Waals surface area contributed by atoms with E-state index < -0.39 is 10.0 Å². The maximum Gasteiger partial charge on any atom is 0.272 e. The fraction of sp³-hybridized carbons (Fsp3) is 0.750. The minimum Gasteiger partial charge on any atom is -0.395 e. The SMILES string of the molecule is CCCCN(CCO)S(=O)(=O)c1nnc(N)s1. The standard InChI is InChI=1S/C8H16N4O3S2/c1-2-3-4-12(5-6-13)17(14,15)8-11-10-7(9)16-8/h13H,2-6H2,1H3,(H2,9,10). The van der Waals surface area contributed by atoms with Crippen molar-refractivity contribution < 1.29 is 13.5 Å². The second kappa shape index (κ2) is 6.24. The number of sulfonamides is 1. The predicted octanol–water partition coefficient (Wildman–Crippen LogP) is -0.0966. The van der Waals surface area contributed by atoms with Gasteiger partial charge in [0.05, 0.1) is 6.61 Å². The minimum atomic E-state index is -3.68. The Hall–Kier alpha value is -0.770. The molecule has 7 nitrogen and oxygen atoms in total. The van der Waals surface area contributed by atoms with E-state index in [9.17, 15) is 8.42 Å². The van der Waals surface area contributed by atoms with Crippen molar-refractivity contribution in [3.8, 4) is 0 Å². The molecule has 0 radical (unpaired) electrons. The molecule has 0 unspecified atom stereocenters. The van der Waals surface area contributed by atoms with Crippen LogP contribution < -0.4 is 5.73 Å². The number of nitrogens with zero attached hydrogens (tertiary/aromatic N) is 3. The summed E-state index contributed by atoms with van der Waals surface area (Å²) in [4.78, 5) is 0. The van der Waals surface area contributed by atoms with Crippen molar-refractivity contribution in [3.05, 3.63) is 0 Å². The van der Waals surface area contributed by atoms with Crippen molar-refractivity contribution in [2.24, 2.45) is 0 Å². The van der Waals surface area contributed by atoms with Gasteiger partial charge in [-0.1, -0.05) is 24.7 Å². The van der Waals surface area contributed by atoms with E-state index in [1.54, 1.807) is 0 Å². The van der Waals surface area contributed by atoms with E-state index in [4.69, 9.17) is 10.8 Å². The summed E-state index contributed by atoms with van der Waals surface area (Å²) >= 11 is 0.827. The fourth-order valence-electron chi connectivity index (χ4n) is 1.23. The van der Waals surface area contributed by atoms with Crippen LogP contribution in [0.5, 0.6) is 0 Å². The zero-order valence-corrected chi connectivity index (χ0v) is 11.2. The van der Waals surface area contributed by atoms with E-state index in [1.165, 1.54) is 4.31 Å². The Labute approximate surface area is 104 Å². The lowest BCUT2D eigenvalue weighted by Crippen LogP contribution is -2.34. The van der Waals surface area contributed by atoms with Crippen LogP contribution in [0.25, 0.3) is 0 Å². The molecule has 0 fully saturated rings. The van der Waals surface area contributed by atoms with Crippen molar-refractivity contribution in [2.75, 3.05) is 25.4 Å². The fourth-order valence-corrected chi connectivity index (χ4v) is 3.63. The maximum absolute atomic E-state index is 12.1. The van der Waals surface area contributed by atoms with Gasteiger partial charge in [0, 0.05) is 13.1 Å². The Balaban J connectivity index is 2.91. The average Bonchev–Trinajstić information content (AvgIpc) is 2.71. The van der Waals surface area contributed by atoms with Crippen molar-refractivity contribution in [1.29, 1.82) is 0 Å². The Morgan fingerprint density at radius 3 is 2.59 bits per heavy atom. The molecule has 0 aliphatic rings. The highest BCUT2D eigenvalue weighted by Crippen LogP contribution is 2.21. The molecule has 0 aromatic carbocycles. The summed E-state index contributed by atoms with van der Waals surface area (Å²) in [6, 6.07) is 0. The van der Waals surface area contributed by atoms with Crippen LogP contribution in [0.15, 0.2) is 4.34 Å². The van der Waals surface area contributed by atoms with Crippen LogP contribution in [-0.2, 0) is 10.0 Å². The second-order valence-electron chi connectivity index (χ2n) is 3.39. The molecular formula is C8H16N4O3S2. The Morgan fingerprint density at radius 2 is 2.12 bits per heavy atom. The number of hydrogen-bond acceptors (Lipinski definition) is 7. The van der Waals surface area contributed by atoms with E-state index in [0.717, 1.165) is 24.2 Å². The number of rotatable bonds is 7. The molecule has 3 N–H and O–H groups in total. The topological polar surface area (TPSA) is 109 Å². The van der Waals surface area contributed by atoms with Gasteiger partial charge in [0.15, 0.2) is 0 Å². The minimum absolute atomic E-state index is 0.0574. The van der Waals surface area contributed by atoms with Gasteiger partial charge in [-0.15, -0.1) is 10.2 Å². The molecule has 9 heteroatoms. The van der Waals surface area contributed by atoms with Crippen LogP contribution in [0, 0.1) is 0 Å². The number of unbranched alkanes of at least 4 members (excludes halogenated alkanes) is 1. The molecule has 0 atom stereocenters. The third-order valence-corrected chi connectivity index (χ3v) is 5.09. The third-order valence-electron chi connectivity index (χ3n) is 2.09. The smallest absolute Gasteiger partial charge is 0.272 e. The highest BCUT2D eigenvalue weighted by molar-refractivity contribution is 7.91. The lowest BCUT2D eigenvalue weighted by atomic mass is 10.3. The van der Waals surface area contributed by atoms with Crippen molar-refractivity contribution in [2.45, 2.75) is 24.1 Å². The zero-order valence-electron chi connectivity index (χ0n) is 9.53. The molecular weight excluding hydrogens is 264 g/mol. The molecule has 0 saturated carbocycles. The van der Waals surface area contributed by atoms with Gasteiger partial charge in [0.2, 0.25) is 9.47 Å². The normalized spacial score (nSPS) is 12.2. The van der Waals surface area contributed by atoms with E-state index in [-0.39, 0.29) is 22.6 Å². The predicted molar refractivity (Wildman–Crippen MR) is 65.1 cm³/mol. The summed E-state index contributed by atoms with van der Waals surface area (Å²) in [6.45, 7) is 2.16. The van der Waals surface area contributed by atoms with Gasteiger partial charge >= 0.3 is 0 Å². The molecule has 0 bridgehead atoms. The van der Waals surface area contributed by atoms with Gasteiger partial charge in [-0.05, 0) is 6.42 Å². The lowest BCUT2D eigenvalue weighted by Gasteiger charge is -2.18. The van der Waals surface area contributed by atoms with Crippen molar-refractivity contribution in [1.82, 2.24) is 14.5 Å². The summed E-state index contributed by atoms with van der Waals surface area (Å²) in [5.74, 6) is 0. The van der Waals surface area contributed by atoms with Crippen LogP contribution in [0.4, 0.5) is 5.13 Å². The van der Waals surface area contributed by atoms with Crippen molar-refractivity contribution >= 4 is 26.5 Å². The summed E-state index contributed by atoms with van der Waals surface area (Å²) in [5, 5.41) is 16.0. The first kappa shape index (κ1) is 14.3. The summed E-state index contributed by atoms with van der Waals surface area (Å²) < 4.78 is 25.3. The first-order valence-corrected chi connectivity index (χ1v) is 7.48. The largest absolute Gasteiger partial charge is 0.395 e. The summed E-state index contributed by atoms with van der Waals surface area (Å²) in [5.41, 5.74) is 5.36. The lowest BCUT2D eigenvalue weighted by molar-refractivity contribution is 0.252. The Kier molecular flexibility index (Phi) is 5.25. The van der Waals surface area contributed by atoms with Crippen molar-refractivity contribution in [3.63, 3.8) is 0 Å². The van der Waals surface area contributed by atoms with Gasteiger partial charge in [-0.3, -0.25) is 0 Å². The summed E-state index contributed by atoms with van der Waals surface area (Å²) in [7, 11) is -3.68.